The van der Waals surface area contributed by atoms with E-state index in [0.717, 1.165) is 0 Å². The summed E-state index contributed by atoms with van der Waals surface area (Å²) in [5, 5.41) is 14.8. The lowest BCUT2D eigenvalue weighted by Crippen LogP contribution is -2.50. The molecule has 24 heavy (non-hydrogen) atoms. The monoisotopic (exact) mass is 335 g/mol. The van der Waals surface area contributed by atoms with Gasteiger partial charge in [-0.2, -0.15) is 4.80 Å². The van der Waals surface area contributed by atoms with Gasteiger partial charge < -0.3 is 14.8 Å². The second-order valence-electron chi connectivity index (χ2n) is 5.46. The number of nitrogens with one attached hydrogen (secondary N) is 1. The molecule has 1 fully saturated rings. The van der Waals surface area contributed by atoms with Crippen molar-refractivity contribution in [3.63, 3.8) is 0 Å². The summed E-state index contributed by atoms with van der Waals surface area (Å²) in [7, 11) is 1.59. The average Bonchev–Trinajstić information content (AvgIpc) is 3.04. The van der Waals surface area contributed by atoms with Crippen molar-refractivity contribution in [3.8, 4) is 11.4 Å². The third-order valence-corrected chi connectivity index (χ3v) is 3.79. The zero-order chi connectivity index (χ0) is 16.9. The molecule has 1 aromatic carbocycles. The second-order valence-corrected chi connectivity index (χ2v) is 5.46. The lowest BCUT2D eigenvalue weighted by atomic mass is 10.1. The third kappa shape index (κ3) is 3.92. The molecule has 1 amide bonds. The Kier molecular flexibility index (Phi) is 5.11. The Morgan fingerprint density at radius 1 is 1.46 bits per heavy atom. The summed E-state index contributed by atoms with van der Waals surface area (Å²) in [6.45, 7) is 0.987. The number of hydrogen-bond donors (Lipinski definition) is 1. The number of hydrogen-bond acceptors (Lipinski definition) is 6. The van der Waals surface area contributed by atoms with Crippen LogP contribution in [-0.4, -0.2) is 58.6 Å². The van der Waals surface area contributed by atoms with Crippen molar-refractivity contribution in [2.24, 2.45) is 0 Å². The SMILES string of the molecule is CO[C@@H]1COCC[C@H]1NC(=O)Cn1nnc(-c2ccc(F)cc2)n1. The maximum atomic E-state index is 12.9. The van der Waals surface area contributed by atoms with Gasteiger partial charge in [-0.15, -0.1) is 10.2 Å². The van der Waals surface area contributed by atoms with Crippen molar-refractivity contribution in [2.75, 3.05) is 20.3 Å². The number of amides is 1. The Morgan fingerprint density at radius 3 is 3.00 bits per heavy atom. The molecular formula is C15H18FN5O3. The number of carbonyl (C=O) groups excluding carboxylic acids is 1. The Balaban J connectivity index is 1.59. The molecule has 1 aromatic heterocycles. The minimum atomic E-state index is -0.338. The number of ether oxygens (including phenoxy) is 2. The van der Waals surface area contributed by atoms with Gasteiger partial charge in [-0.1, -0.05) is 0 Å². The van der Waals surface area contributed by atoms with Gasteiger partial charge in [0.1, 0.15) is 18.5 Å². The summed E-state index contributed by atoms with van der Waals surface area (Å²) in [5.74, 6) is -0.231. The van der Waals surface area contributed by atoms with Crippen LogP contribution in [0.5, 0.6) is 0 Å². The van der Waals surface area contributed by atoms with Crippen molar-refractivity contribution in [1.29, 1.82) is 0 Å². The van der Waals surface area contributed by atoms with Crippen LogP contribution in [0.15, 0.2) is 24.3 Å². The highest BCUT2D eigenvalue weighted by atomic mass is 19.1. The van der Waals surface area contributed by atoms with Crippen LogP contribution in [0.2, 0.25) is 0 Å². The Hall–Kier alpha value is -2.39. The van der Waals surface area contributed by atoms with Crippen LogP contribution in [0.1, 0.15) is 6.42 Å². The topological polar surface area (TPSA) is 91.2 Å². The zero-order valence-corrected chi connectivity index (χ0v) is 13.2. The summed E-state index contributed by atoms with van der Waals surface area (Å²) in [6, 6.07) is 5.65. The predicted octanol–water partition coefficient (Wildman–Crippen LogP) is 0.399. The molecule has 2 heterocycles. The first-order valence-electron chi connectivity index (χ1n) is 7.59. The number of tetrazole rings is 1. The molecule has 0 radical (unpaired) electrons. The molecular weight excluding hydrogens is 317 g/mol. The highest BCUT2D eigenvalue weighted by Gasteiger charge is 2.27. The summed E-state index contributed by atoms with van der Waals surface area (Å²) in [6.07, 6.45) is 0.525. The lowest BCUT2D eigenvalue weighted by molar-refractivity contribution is -0.126. The fourth-order valence-electron chi connectivity index (χ4n) is 2.51. The van der Waals surface area contributed by atoms with Gasteiger partial charge in [-0.25, -0.2) is 4.39 Å². The fraction of sp³-hybridized carbons (Fsp3) is 0.467. The quantitative estimate of drug-likeness (QED) is 0.850. The van der Waals surface area contributed by atoms with E-state index in [9.17, 15) is 9.18 Å². The lowest BCUT2D eigenvalue weighted by Gasteiger charge is -2.30. The maximum Gasteiger partial charge on any atom is 0.243 e. The molecule has 1 aliphatic heterocycles. The fourth-order valence-corrected chi connectivity index (χ4v) is 2.51. The molecule has 2 aromatic rings. The molecule has 0 spiro atoms. The van der Waals surface area contributed by atoms with Crippen molar-refractivity contribution < 1.29 is 18.7 Å². The van der Waals surface area contributed by atoms with E-state index in [2.05, 4.69) is 20.7 Å². The zero-order valence-electron chi connectivity index (χ0n) is 13.2. The van der Waals surface area contributed by atoms with E-state index in [4.69, 9.17) is 9.47 Å². The number of carbonyl (C=O) groups is 1. The van der Waals surface area contributed by atoms with Crippen LogP contribution in [0.4, 0.5) is 4.39 Å². The molecule has 0 unspecified atom stereocenters. The second kappa shape index (κ2) is 7.45. The first-order chi connectivity index (χ1) is 11.7. The standard InChI is InChI=1S/C15H18FN5O3/c1-23-13-9-24-7-6-12(13)17-14(22)8-21-19-15(18-20-21)10-2-4-11(16)5-3-10/h2-5,12-13H,6-9H2,1H3,(H,17,22)/t12-,13-/m1/s1. The molecule has 128 valence electrons. The Morgan fingerprint density at radius 2 is 2.25 bits per heavy atom. The molecule has 1 N–H and O–H groups in total. The largest absolute Gasteiger partial charge is 0.379 e. The van der Waals surface area contributed by atoms with E-state index < -0.39 is 0 Å². The molecule has 1 saturated heterocycles. The molecule has 8 nitrogen and oxygen atoms in total. The molecule has 1 aliphatic rings. The summed E-state index contributed by atoms with van der Waals surface area (Å²) in [5.41, 5.74) is 0.631. The molecule has 9 heteroatoms. The van der Waals surface area contributed by atoms with Gasteiger partial charge in [0.2, 0.25) is 11.7 Å². The highest BCUT2D eigenvalue weighted by molar-refractivity contribution is 5.76. The number of nitrogens with zero attached hydrogens (tertiary/aromatic N) is 4. The third-order valence-electron chi connectivity index (χ3n) is 3.79. The van der Waals surface area contributed by atoms with Crippen molar-refractivity contribution in [2.45, 2.75) is 25.1 Å². The van der Waals surface area contributed by atoms with Crippen LogP contribution >= 0.6 is 0 Å². The molecule has 0 bridgehead atoms. The van der Waals surface area contributed by atoms with Crippen molar-refractivity contribution in [3.05, 3.63) is 30.1 Å². The minimum Gasteiger partial charge on any atom is -0.379 e. The van der Waals surface area contributed by atoms with E-state index in [-0.39, 0.29) is 30.4 Å². The highest BCUT2D eigenvalue weighted by Crippen LogP contribution is 2.14. The number of methoxy groups -OCH3 is 1. The van der Waals surface area contributed by atoms with E-state index in [1.54, 1.807) is 19.2 Å². The molecule has 3 rings (SSSR count). The average molecular weight is 335 g/mol. The number of rotatable bonds is 5. The van der Waals surface area contributed by atoms with Gasteiger partial charge in [0.25, 0.3) is 0 Å². The number of aromatic nitrogens is 4. The van der Waals surface area contributed by atoms with E-state index in [1.165, 1.54) is 16.9 Å². The van der Waals surface area contributed by atoms with Crippen molar-refractivity contribution >= 4 is 5.91 Å². The Bertz CT molecular complexity index is 691. The molecule has 0 aliphatic carbocycles. The van der Waals surface area contributed by atoms with Gasteiger partial charge in [-0.05, 0) is 35.9 Å². The smallest absolute Gasteiger partial charge is 0.243 e. The normalized spacial score (nSPS) is 20.8. The Labute approximate surface area is 137 Å². The van der Waals surface area contributed by atoms with Crippen LogP contribution in [0.25, 0.3) is 11.4 Å². The maximum absolute atomic E-state index is 12.9. The van der Waals surface area contributed by atoms with Crippen LogP contribution in [0, 0.1) is 5.82 Å². The first kappa shape index (κ1) is 16.5. The van der Waals surface area contributed by atoms with Crippen molar-refractivity contribution in [1.82, 2.24) is 25.5 Å². The molecule has 2 atom stereocenters. The van der Waals surface area contributed by atoms with Crippen LogP contribution in [0.3, 0.4) is 0 Å². The minimum absolute atomic E-state index is 0.0536. The van der Waals surface area contributed by atoms with Gasteiger partial charge in [0, 0.05) is 19.3 Å². The van der Waals surface area contributed by atoms with Gasteiger partial charge in [0.15, 0.2) is 0 Å². The van der Waals surface area contributed by atoms with Gasteiger partial charge in [-0.3, -0.25) is 4.79 Å². The number of benzene rings is 1. The predicted molar refractivity (Wildman–Crippen MR) is 81.4 cm³/mol. The van der Waals surface area contributed by atoms with Gasteiger partial charge >= 0.3 is 0 Å². The molecule has 0 saturated carbocycles. The van der Waals surface area contributed by atoms with Gasteiger partial charge in [0.05, 0.1) is 12.6 Å². The first-order valence-corrected chi connectivity index (χ1v) is 7.59. The van der Waals surface area contributed by atoms with E-state index in [0.29, 0.717) is 31.0 Å². The van der Waals surface area contributed by atoms with E-state index in [1.807, 2.05) is 0 Å². The summed E-state index contributed by atoms with van der Waals surface area (Å²) < 4.78 is 23.6. The number of halogens is 1. The van der Waals surface area contributed by atoms with Crippen LogP contribution in [-0.2, 0) is 20.8 Å². The summed E-state index contributed by atoms with van der Waals surface area (Å²) in [4.78, 5) is 13.4. The van der Waals surface area contributed by atoms with Crippen LogP contribution < -0.4 is 5.32 Å². The summed E-state index contributed by atoms with van der Waals surface area (Å²) >= 11 is 0. The van der Waals surface area contributed by atoms with E-state index >= 15 is 0 Å².